The van der Waals surface area contributed by atoms with E-state index in [1.54, 1.807) is 11.3 Å². The molecule has 1 atom stereocenters. The molecule has 1 aromatic heterocycles. The molecule has 0 bridgehead atoms. The van der Waals surface area contributed by atoms with Crippen molar-refractivity contribution in [2.75, 3.05) is 0 Å². The molecule has 0 amide bonds. The predicted molar refractivity (Wildman–Crippen MR) is 50.9 cm³/mol. The van der Waals surface area contributed by atoms with E-state index in [1.165, 1.54) is 23.3 Å². The van der Waals surface area contributed by atoms with Crippen LogP contribution in [0.25, 0.3) is 0 Å². The largest absolute Gasteiger partial charge is 0.298 e. The molecule has 1 aliphatic rings. The maximum Gasteiger partial charge on any atom is 0.151 e. The first-order valence-electron chi connectivity index (χ1n) is 4.35. The average molecular weight is 180 g/mol. The molecule has 1 aromatic rings. The number of hydrogen-bond donors (Lipinski definition) is 0. The summed E-state index contributed by atoms with van der Waals surface area (Å²) in [5, 5.41) is 2.00. The van der Waals surface area contributed by atoms with E-state index in [9.17, 15) is 4.79 Å². The van der Waals surface area contributed by atoms with Crippen molar-refractivity contribution in [3.8, 4) is 0 Å². The second-order valence-corrected chi connectivity index (χ2v) is 4.52. The molecule has 1 heterocycles. The van der Waals surface area contributed by atoms with Crippen LogP contribution >= 0.6 is 11.3 Å². The summed E-state index contributed by atoms with van der Waals surface area (Å²) in [5.74, 6) is 0.802. The Bertz CT molecular complexity index is 301. The maximum absolute atomic E-state index is 10.6. The molecule has 1 nitrogen and oxygen atoms in total. The number of fused-ring (bicyclic) bond motifs is 1. The van der Waals surface area contributed by atoms with Crippen LogP contribution in [0.3, 0.4) is 0 Å². The summed E-state index contributed by atoms with van der Waals surface area (Å²) in [4.78, 5) is 12.1. The van der Waals surface area contributed by atoms with E-state index in [2.05, 4.69) is 6.92 Å². The summed E-state index contributed by atoms with van der Waals surface area (Å²) in [6, 6.07) is 0. The van der Waals surface area contributed by atoms with Crippen molar-refractivity contribution in [2.45, 2.75) is 26.2 Å². The summed E-state index contributed by atoms with van der Waals surface area (Å²) in [6.45, 7) is 2.28. The molecule has 0 aromatic carbocycles. The minimum atomic E-state index is 0.802. The van der Waals surface area contributed by atoms with Gasteiger partial charge in [0.05, 0.1) is 0 Å². The highest BCUT2D eigenvalue weighted by Gasteiger charge is 2.19. The van der Waals surface area contributed by atoms with Crippen LogP contribution < -0.4 is 0 Å². The lowest BCUT2D eigenvalue weighted by Gasteiger charge is -2.17. The van der Waals surface area contributed by atoms with Gasteiger partial charge in [-0.05, 0) is 30.7 Å². The Labute approximate surface area is 76.4 Å². The van der Waals surface area contributed by atoms with E-state index in [-0.39, 0.29) is 0 Å². The van der Waals surface area contributed by atoms with Crippen LogP contribution in [0.2, 0.25) is 0 Å². The topological polar surface area (TPSA) is 17.1 Å². The van der Waals surface area contributed by atoms with Crippen molar-refractivity contribution in [1.82, 2.24) is 0 Å². The van der Waals surface area contributed by atoms with Gasteiger partial charge in [0.1, 0.15) is 0 Å². The lowest BCUT2D eigenvalue weighted by Crippen LogP contribution is -2.09. The van der Waals surface area contributed by atoms with E-state index < -0.39 is 0 Å². The van der Waals surface area contributed by atoms with Gasteiger partial charge < -0.3 is 0 Å². The van der Waals surface area contributed by atoms with Crippen molar-refractivity contribution in [2.24, 2.45) is 5.92 Å². The molecule has 2 rings (SSSR count). The monoisotopic (exact) mass is 180 g/mol. The number of thiophene rings is 1. The molecule has 0 spiro atoms. The Morgan fingerprint density at radius 3 is 3.25 bits per heavy atom. The highest BCUT2D eigenvalue weighted by atomic mass is 32.1. The number of carbonyl (C=O) groups is 1. The number of carbonyl (C=O) groups excluding carboxylic acids is 1. The maximum atomic E-state index is 10.6. The molecule has 2 heteroatoms. The Balaban J connectivity index is 2.38. The normalized spacial score (nSPS) is 21.9. The van der Waals surface area contributed by atoms with Crippen LogP contribution in [0.5, 0.6) is 0 Å². The van der Waals surface area contributed by atoms with Crippen molar-refractivity contribution >= 4 is 17.6 Å². The highest BCUT2D eigenvalue weighted by Crippen LogP contribution is 2.31. The van der Waals surface area contributed by atoms with Crippen LogP contribution in [0.15, 0.2) is 5.38 Å². The predicted octanol–water partition coefficient (Wildman–Crippen LogP) is 2.69. The zero-order valence-electron chi connectivity index (χ0n) is 7.17. The average Bonchev–Trinajstić information content (AvgIpc) is 2.46. The fraction of sp³-hybridized carbons (Fsp3) is 0.500. The molecule has 0 N–H and O–H groups in total. The summed E-state index contributed by atoms with van der Waals surface area (Å²) >= 11 is 1.75. The Morgan fingerprint density at radius 2 is 2.50 bits per heavy atom. The smallest absolute Gasteiger partial charge is 0.151 e. The molecule has 0 radical (unpaired) electrons. The van der Waals surface area contributed by atoms with Crippen molar-refractivity contribution in [3.05, 3.63) is 21.4 Å². The summed E-state index contributed by atoms with van der Waals surface area (Å²) in [6.07, 6.45) is 4.51. The Morgan fingerprint density at radius 1 is 1.67 bits per heavy atom. The first-order valence-corrected chi connectivity index (χ1v) is 5.23. The van der Waals surface area contributed by atoms with Gasteiger partial charge in [0.2, 0.25) is 0 Å². The van der Waals surface area contributed by atoms with E-state index in [0.29, 0.717) is 0 Å². The third-order valence-corrected chi connectivity index (χ3v) is 3.63. The third-order valence-electron chi connectivity index (χ3n) is 2.56. The number of aldehydes is 1. The second kappa shape index (κ2) is 3.02. The molecular weight excluding hydrogens is 168 g/mol. The van der Waals surface area contributed by atoms with Gasteiger partial charge in [-0.3, -0.25) is 4.79 Å². The summed E-state index contributed by atoms with van der Waals surface area (Å²) in [5.41, 5.74) is 2.26. The van der Waals surface area contributed by atoms with Gasteiger partial charge in [0.25, 0.3) is 0 Å². The fourth-order valence-corrected chi connectivity index (χ4v) is 3.01. The SMILES string of the molecule is CC1CCc2c(C=O)csc2C1. The van der Waals surface area contributed by atoms with Gasteiger partial charge in [-0.1, -0.05) is 6.92 Å². The summed E-state index contributed by atoms with van der Waals surface area (Å²) < 4.78 is 0. The van der Waals surface area contributed by atoms with Crippen molar-refractivity contribution < 1.29 is 4.79 Å². The molecular formula is C10H12OS. The number of rotatable bonds is 1. The molecule has 0 fully saturated rings. The lowest BCUT2D eigenvalue weighted by atomic mass is 9.89. The Kier molecular flexibility index (Phi) is 2.01. The first-order chi connectivity index (χ1) is 5.81. The van der Waals surface area contributed by atoms with Gasteiger partial charge in [0.15, 0.2) is 6.29 Å². The van der Waals surface area contributed by atoms with Crippen LogP contribution in [0.1, 0.15) is 34.1 Å². The third kappa shape index (κ3) is 1.20. The molecule has 0 aliphatic heterocycles. The van der Waals surface area contributed by atoms with Crippen LogP contribution in [-0.2, 0) is 12.8 Å². The highest BCUT2D eigenvalue weighted by molar-refractivity contribution is 7.10. The summed E-state index contributed by atoms with van der Waals surface area (Å²) in [7, 11) is 0. The van der Waals surface area contributed by atoms with Gasteiger partial charge in [-0.2, -0.15) is 0 Å². The minimum Gasteiger partial charge on any atom is -0.298 e. The van der Waals surface area contributed by atoms with E-state index in [4.69, 9.17) is 0 Å². The van der Waals surface area contributed by atoms with Gasteiger partial charge in [-0.25, -0.2) is 0 Å². The zero-order valence-corrected chi connectivity index (χ0v) is 7.99. The fourth-order valence-electron chi connectivity index (χ4n) is 1.80. The van der Waals surface area contributed by atoms with Crippen LogP contribution in [0.4, 0.5) is 0 Å². The van der Waals surface area contributed by atoms with Crippen molar-refractivity contribution in [3.63, 3.8) is 0 Å². The molecule has 1 unspecified atom stereocenters. The quantitative estimate of drug-likeness (QED) is 0.607. The molecule has 0 saturated carbocycles. The van der Waals surface area contributed by atoms with Crippen LogP contribution in [-0.4, -0.2) is 6.29 Å². The first kappa shape index (κ1) is 7.99. The van der Waals surface area contributed by atoms with Gasteiger partial charge >= 0.3 is 0 Å². The van der Waals surface area contributed by atoms with Gasteiger partial charge in [0, 0.05) is 15.8 Å². The van der Waals surface area contributed by atoms with Crippen LogP contribution in [0, 0.1) is 5.92 Å². The van der Waals surface area contributed by atoms with Crippen molar-refractivity contribution in [1.29, 1.82) is 0 Å². The molecule has 12 heavy (non-hydrogen) atoms. The lowest BCUT2D eigenvalue weighted by molar-refractivity contribution is 0.112. The minimum absolute atomic E-state index is 0.802. The van der Waals surface area contributed by atoms with E-state index >= 15 is 0 Å². The standard InChI is InChI=1S/C10H12OS/c1-7-2-3-9-8(5-11)6-12-10(9)4-7/h5-7H,2-4H2,1H3. The zero-order chi connectivity index (χ0) is 8.55. The van der Waals surface area contributed by atoms with Gasteiger partial charge in [-0.15, -0.1) is 11.3 Å². The van der Waals surface area contributed by atoms with E-state index in [1.807, 2.05) is 5.38 Å². The Hall–Kier alpha value is -0.630. The second-order valence-electron chi connectivity index (χ2n) is 3.56. The number of hydrogen-bond acceptors (Lipinski definition) is 2. The molecule has 64 valence electrons. The van der Waals surface area contributed by atoms with E-state index in [0.717, 1.165) is 24.2 Å². The molecule has 0 saturated heterocycles. The molecule has 1 aliphatic carbocycles.